The SMILES string of the molecule is CCC(NC(=O)N1C(=O)[C@H](Cc2cc(C)nc(N)c2)[C@H]1C(=O)N(C)c1ccnn1C)c1cccc(F)c1C. The number of aryl methyl sites for hydroxylation is 2. The molecule has 2 aromatic heterocycles. The second kappa shape index (κ2) is 10.6. The Morgan fingerprint density at radius 3 is 2.61 bits per heavy atom. The van der Waals surface area contributed by atoms with Gasteiger partial charge in [0.2, 0.25) is 5.91 Å². The van der Waals surface area contributed by atoms with E-state index < -0.39 is 35.8 Å². The molecule has 0 saturated carbocycles. The van der Waals surface area contributed by atoms with Crippen LogP contribution in [0, 0.1) is 25.6 Å². The van der Waals surface area contributed by atoms with Crippen LogP contribution in [0.4, 0.5) is 20.8 Å². The van der Waals surface area contributed by atoms with Gasteiger partial charge in [-0.3, -0.25) is 24.1 Å². The summed E-state index contributed by atoms with van der Waals surface area (Å²) in [7, 11) is 3.28. The molecule has 3 N–H and O–H groups in total. The van der Waals surface area contributed by atoms with E-state index in [1.54, 1.807) is 64.5 Å². The van der Waals surface area contributed by atoms with Gasteiger partial charge < -0.3 is 11.1 Å². The Morgan fingerprint density at radius 1 is 1.24 bits per heavy atom. The Kier molecular flexibility index (Phi) is 7.47. The van der Waals surface area contributed by atoms with Gasteiger partial charge in [0.05, 0.1) is 18.2 Å². The van der Waals surface area contributed by atoms with Gasteiger partial charge in [0.15, 0.2) is 0 Å². The number of imide groups is 1. The quantitative estimate of drug-likeness (QED) is 0.460. The molecular formula is C27H32FN7O3. The molecular weight excluding hydrogens is 489 g/mol. The molecule has 1 aliphatic heterocycles. The first kappa shape index (κ1) is 26.8. The number of likely N-dealkylation sites (tertiary alicyclic amines) is 1. The van der Waals surface area contributed by atoms with Crippen molar-refractivity contribution < 1.29 is 18.8 Å². The zero-order chi connectivity index (χ0) is 27.7. The van der Waals surface area contributed by atoms with E-state index in [1.807, 2.05) is 6.92 Å². The maximum absolute atomic E-state index is 14.2. The van der Waals surface area contributed by atoms with Crippen molar-refractivity contribution in [1.82, 2.24) is 25.0 Å². The first-order valence-electron chi connectivity index (χ1n) is 12.4. The van der Waals surface area contributed by atoms with Crippen LogP contribution in [-0.4, -0.2) is 50.6 Å². The number of rotatable bonds is 7. The number of amides is 4. The summed E-state index contributed by atoms with van der Waals surface area (Å²) >= 11 is 0. The lowest BCUT2D eigenvalue weighted by molar-refractivity contribution is -0.156. The molecule has 1 fully saturated rings. The van der Waals surface area contributed by atoms with E-state index in [4.69, 9.17) is 5.73 Å². The minimum absolute atomic E-state index is 0.214. The number of nitrogens with zero attached hydrogens (tertiary/aromatic N) is 5. The topological polar surface area (TPSA) is 126 Å². The molecule has 0 spiro atoms. The molecule has 0 aliphatic carbocycles. The number of anilines is 2. The molecule has 1 saturated heterocycles. The van der Waals surface area contributed by atoms with Gasteiger partial charge >= 0.3 is 6.03 Å². The number of β-lactam (4-membered cyclic amide) rings is 1. The van der Waals surface area contributed by atoms with Crippen LogP contribution in [0.5, 0.6) is 0 Å². The fourth-order valence-electron chi connectivity index (χ4n) is 5.02. The summed E-state index contributed by atoms with van der Waals surface area (Å²) in [5, 5.41) is 6.95. The van der Waals surface area contributed by atoms with E-state index in [0.29, 0.717) is 34.9 Å². The minimum Gasteiger partial charge on any atom is -0.384 e. The van der Waals surface area contributed by atoms with Crippen LogP contribution in [0.25, 0.3) is 0 Å². The number of nitrogens with one attached hydrogen (secondary N) is 1. The predicted octanol–water partition coefficient (Wildman–Crippen LogP) is 3.05. The molecule has 10 nitrogen and oxygen atoms in total. The van der Waals surface area contributed by atoms with E-state index in [2.05, 4.69) is 15.4 Å². The van der Waals surface area contributed by atoms with Gasteiger partial charge in [-0.2, -0.15) is 5.10 Å². The smallest absolute Gasteiger partial charge is 0.325 e. The van der Waals surface area contributed by atoms with Gasteiger partial charge in [0.25, 0.3) is 5.91 Å². The highest BCUT2D eigenvalue weighted by atomic mass is 19.1. The zero-order valence-electron chi connectivity index (χ0n) is 22.1. The van der Waals surface area contributed by atoms with Crippen LogP contribution in [0.3, 0.4) is 0 Å². The summed E-state index contributed by atoms with van der Waals surface area (Å²) in [4.78, 5) is 47.1. The molecule has 3 aromatic rings. The Morgan fingerprint density at radius 2 is 1.97 bits per heavy atom. The molecule has 4 rings (SSSR count). The molecule has 0 bridgehead atoms. The largest absolute Gasteiger partial charge is 0.384 e. The summed E-state index contributed by atoms with van der Waals surface area (Å²) in [5.41, 5.74) is 8.36. The van der Waals surface area contributed by atoms with Crippen LogP contribution in [0.15, 0.2) is 42.6 Å². The normalized spacial score (nSPS) is 17.6. The van der Waals surface area contributed by atoms with E-state index >= 15 is 0 Å². The molecule has 1 unspecified atom stereocenters. The van der Waals surface area contributed by atoms with Crippen LogP contribution in [-0.2, 0) is 23.1 Å². The molecule has 3 heterocycles. The van der Waals surface area contributed by atoms with Gasteiger partial charge in [0, 0.05) is 25.9 Å². The minimum atomic E-state index is -1.05. The Labute approximate surface area is 220 Å². The predicted molar refractivity (Wildman–Crippen MR) is 141 cm³/mol. The molecule has 1 aliphatic rings. The molecule has 11 heteroatoms. The highest BCUT2D eigenvalue weighted by Crippen LogP contribution is 2.34. The van der Waals surface area contributed by atoms with Crippen molar-refractivity contribution in [1.29, 1.82) is 0 Å². The van der Waals surface area contributed by atoms with Crippen LogP contribution in [0.2, 0.25) is 0 Å². The second-order valence-electron chi connectivity index (χ2n) is 9.58. The average Bonchev–Trinajstić information content (AvgIpc) is 3.30. The zero-order valence-corrected chi connectivity index (χ0v) is 22.1. The van der Waals surface area contributed by atoms with Crippen molar-refractivity contribution in [2.24, 2.45) is 13.0 Å². The molecule has 38 heavy (non-hydrogen) atoms. The number of pyridine rings is 1. The van der Waals surface area contributed by atoms with Crippen LogP contribution < -0.4 is 16.0 Å². The Hall–Kier alpha value is -4.28. The van der Waals surface area contributed by atoms with Crippen molar-refractivity contribution in [3.05, 3.63) is 70.8 Å². The number of nitrogens with two attached hydrogens (primary N) is 1. The third kappa shape index (κ3) is 4.96. The van der Waals surface area contributed by atoms with Gasteiger partial charge in [-0.25, -0.2) is 14.2 Å². The number of hydrogen-bond donors (Lipinski definition) is 2. The number of nitrogen functional groups attached to an aromatic ring is 1. The van der Waals surface area contributed by atoms with E-state index in [1.165, 1.54) is 15.6 Å². The lowest BCUT2D eigenvalue weighted by Crippen LogP contribution is -2.70. The highest BCUT2D eigenvalue weighted by Gasteiger charge is 2.55. The first-order valence-corrected chi connectivity index (χ1v) is 12.4. The van der Waals surface area contributed by atoms with Gasteiger partial charge in [-0.1, -0.05) is 19.1 Å². The first-order chi connectivity index (χ1) is 18.0. The standard InChI is InChI=1S/C27H32FN7O3/c1-6-21(18-8-7-9-20(28)16(18)3)32-27(38)35-24(26(37)33(4)23-10-11-30-34(23)5)19(25(35)36)13-17-12-15(2)31-22(29)14-17/h7-12,14,19,21,24H,6,13H2,1-5H3,(H2,29,31)(H,32,38)/t19-,21?,24+/m1/s1. The summed E-state index contributed by atoms with van der Waals surface area (Å²) in [6.07, 6.45) is 2.24. The number of benzene rings is 1. The maximum Gasteiger partial charge on any atom is 0.325 e. The number of carbonyl (C=O) groups excluding carboxylic acids is 3. The third-order valence-electron chi connectivity index (χ3n) is 7.03. The molecule has 3 atom stereocenters. The van der Waals surface area contributed by atoms with E-state index in [-0.39, 0.29) is 12.2 Å². The van der Waals surface area contributed by atoms with Gasteiger partial charge in [-0.15, -0.1) is 0 Å². The monoisotopic (exact) mass is 521 g/mol. The lowest BCUT2D eigenvalue weighted by Gasteiger charge is -2.46. The molecule has 1 aromatic carbocycles. The third-order valence-corrected chi connectivity index (χ3v) is 7.03. The maximum atomic E-state index is 14.2. The number of halogens is 1. The van der Waals surface area contributed by atoms with Crippen molar-refractivity contribution in [2.45, 2.75) is 45.7 Å². The number of hydrogen-bond acceptors (Lipinski definition) is 6. The number of likely N-dealkylation sites (N-methyl/N-ethyl adjacent to an activating group) is 1. The second-order valence-corrected chi connectivity index (χ2v) is 9.58. The van der Waals surface area contributed by atoms with Gasteiger partial charge in [0.1, 0.15) is 23.5 Å². The molecule has 4 amide bonds. The number of carbonyl (C=O) groups is 3. The molecule has 200 valence electrons. The van der Waals surface area contributed by atoms with Crippen LogP contribution in [0.1, 0.15) is 41.8 Å². The van der Waals surface area contributed by atoms with Crippen molar-refractivity contribution >= 4 is 29.5 Å². The summed E-state index contributed by atoms with van der Waals surface area (Å²) < 4.78 is 15.7. The lowest BCUT2D eigenvalue weighted by atomic mass is 9.81. The van der Waals surface area contributed by atoms with E-state index in [9.17, 15) is 18.8 Å². The Bertz CT molecular complexity index is 1370. The van der Waals surface area contributed by atoms with Crippen molar-refractivity contribution in [2.75, 3.05) is 17.7 Å². The summed E-state index contributed by atoms with van der Waals surface area (Å²) in [6, 6.07) is 7.51. The fourth-order valence-corrected chi connectivity index (χ4v) is 5.02. The number of urea groups is 1. The van der Waals surface area contributed by atoms with Crippen LogP contribution >= 0.6 is 0 Å². The fraction of sp³-hybridized carbons (Fsp3) is 0.370. The van der Waals surface area contributed by atoms with Crippen molar-refractivity contribution in [3.63, 3.8) is 0 Å². The molecule has 0 radical (unpaired) electrons. The Balaban J connectivity index is 1.63. The summed E-state index contributed by atoms with van der Waals surface area (Å²) in [5.74, 6) is -1.24. The van der Waals surface area contributed by atoms with Crippen molar-refractivity contribution in [3.8, 4) is 0 Å². The van der Waals surface area contributed by atoms with Gasteiger partial charge in [-0.05, 0) is 61.6 Å². The van der Waals surface area contributed by atoms with E-state index in [0.717, 1.165) is 10.5 Å². The highest BCUT2D eigenvalue weighted by molar-refractivity contribution is 6.12. The summed E-state index contributed by atoms with van der Waals surface area (Å²) in [6.45, 7) is 5.28. The average molecular weight is 522 g/mol. The number of aromatic nitrogens is 3.